The molecule has 0 aromatic heterocycles. The molecule has 0 saturated carbocycles. The first-order valence-electron chi connectivity index (χ1n) is 10.3. The van der Waals surface area contributed by atoms with E-state index in [1.54, 1.807) is 19.0 Å². The Morgan fingerprint density at radius 1 is 0.846 bits per heavy atom. The fourth-order valence-corrected chi connectivity index (χ4v) is 3.65. The van der Waals surface area contributed by atoms with E-state index >= 15 is 0 Å². The highest BCUT2D eigenvalue weighted by atomic mass is 16.4. The number of unbranched alkanes of at least 4 members (excludes halogenated alkanes) is 9. The van der Waals surface area contributed by atoms with E-state index in [9.17, 15) is 14.7 Å². The number of nitrogens with zero attached hydrogens (tertiary/aromatic N) is 2. The molecule has 0 radical (unpaired) electrons. The zero-order chi connectivity index (χ0) is 20.2. The molecule has 1 atom stereocenters. The van der Waals surface area contributed by atoms with Crippen LogP contribution < -0.4 is 0 Å². The van der Waals surface area contributed by atoms with Gasteiger partial charge in [-0.25, -0.2) is 4.79 Å². The van der Waals surface area contributed by atoms with Gasteiger partial charge in [0.15, 0.2) is 0 Å². The highest BCUT2D eigenvalue weighted by molar-refractivity contribution is 6.07. The van der Waals surface area contributed by atoms with Gasteiger partial charge in [-0.3, -0.25) is 4.79 Å². The van der Waals surface area contributed by atoms with Crippen molar-refractivity contribution in [2.45, 2.75) is 83.1 Å². The van der Waals surface area contributed by atoms with Gasteiger partial charge in [0.2, 0.25) is 5.78 Å². The van der Waals surface area contributed by atoms with E-state index in [4.69, 9.17) is 0 Å². The molecule has 0 rings (SSSR count). The highest BCUT2D eigenvalue weighted by Gasteiger charge is 2.56. The lowest BCUT2D eigenvalue weighted by atomic mass is 9.84. The summed E-state index contributed by atoms with van der Waals surface area (Å²) >= 11 is 0. The van der Waals surface area contributed by atoms with Gasteiger partial charge in [-0.2, -0.15) is 0 Å². The summed E-state index contributed by atoms with van der Waals surface area (Å²) in [6.07, 6.45) is 12.4. The maximum absolute atomic E-state index is 12.8. The van der Waals surface area contributed by atoms with E-state index in [-0.39, 0.29) is 16.8 Å². The second kappa shape index (κ2) is 12.4. The van der Waals surface area contributed by atoms with Gasteiger partial charge in [0.05, 0.1) is 27.7 Å². The molecule has 0 bridgehead atoms. The number of likely N-dealkylation sites (N-methyl/N-ethyl adjacent to an activating group) is 2. The maximum atomic E-state index is 12.8. The Hall–Kier alpha value is -0.940. The molecule has 5 heteroatoms. The number of carbonyl (C=O) groups is 2. The molecule has 0 aromatic rings. The van der Waals surface area contributed by atoms with Gasteiger partial charge in [0, 0.05) is 6.42 Å². The van der Waals surface area contributed by atoms with Crippen LogP contribution in [0.4, 0.5) is 0 Å². The summed E-state index contributed by atoms with van der Waals surface area (Å²) in [5, 5.41) is 9.93. The SMILES string of the molecule is CCCCCCCCCCCCC(C(=O)O)(C(=O)CN(C)C)[N+](C)(C)C. The van der Waals surface area contributed by atoms with Gasteiger partial charge >= 0.3 is 5.97 Å². The second-order valence-corrected chi connectivity index (χ2v) is 8.77. The number of Topliss-reactive ketones (excluding diaryl/α,β-unsaturated/α-hetero) is 1. The van der Waals surface area contributed by atoms with Crippen LogP contribution in [-0.4, -0.2) is 73.6 Å². The number of hydrogen-bond donors (Lipinski definition) is 1. The first-order chi connectivity index (χ1) is 12.1. The summed E-state index contributed by atoms with van der Waals surface area (Å²) in [6, 6.07) is 0. The zero-order valence-corrected chi connectivity index (χ0v) is 18.1. The molecule has 26 heavy (non-hydrogen) atoms. The van der Waals surface area contributed by atoms with E-state index in [1.807, 2.05) is 21.1 Å². The zero-order valence-electron chi connectivity index (χ0n) is 18.1. The summed E-state index contributed by atoms with van der Waals surface area (Å²) in [5.41, 5.74) is -1.36. The van der Waals surface area contributed by atoms with E-state index in [2.05, 4.69) is 6.92 Å². The Kier molecular flexibility index (Phi) is 12.0. The van der Waals surface area contributed by atoms with Crippen molar-refractivity contribution in [3.05, 3.63) is 0 Å². The van der Waals surface area contributed by atoms with Crippen LogP contribution in [0.25, 0.3) is 0 Å². The third-order valence-corrected chi connectivity index (χ3v) is 5.31. The summed E-state index contributed by atoms with van der Waals surface area (Å²) in [7, 11) is 9.06. The lowest BCUT2D eigenvalue weighted by molar-refractivity contribution is -0.903. The fraction of sp³-hybridized carbons (Fsp3) is 0.905. The van der Waals surface area contributed by atoms with Gasteiger partial charge in [0.25, 0.3) is 5.54 Å². The lowest BCUT2D eigenvalue weighted by Crippen LogP contribution is -2.68. The summed E-state index contributed by atoms with van der Waals surface area (Å²) in [4.78, 5) is 26.7. The molecular formula is C21H43N2O3+. The van der Waals surface area contributed by atoms with Crippen LogP contribution in [0.2, 0.25) is 0 Å². The van der Waals surface area contributed by atoms with Gasteiger partial charge < -0.3 is 14.5 Å². The molecule has 0 spiro atoms. The van der Waals surface area contributed by atoms with Crippen molar-refractivity contribution in [2.75, 3.05) is 41.8 Å². The molecule has 0 saturated heterocycles. The lowest BCUT2D eigenvalue weighted by Gasteiger charge is -2.42. The van der Waals surface area contributed by atoms with Crippen molar-refractivity contribution in [3.8, 4) is 0 Å². The predicted octanol–water partition coefficient (Wildman–Crippen LogP) is 3.96. The minimum atomic E-state index is -1.36. The number of carbonyl (C=O) groups excluding carboxylic acids is 1. The van der Waals surface area contributed by atoms with Crippen LogP contribution in [-0.2, 0) is 9.59 Å². The Bertz CT molecular complexity index is 416. The smallest absolute Gasteiger partial charge is 0.373 e. The molecule has 5 nitrogen and oxygen atoms in total. The van der Waals surface area contributed by atoms with Crippen molar-refractivity contribution in [1.29, 1.82) is 0 Å². The Morgan fingerprint density at radius 2 is 1.27 bits per heavy atom. The molecule has 0 aliphatic heterocycles. The van der Waals surface area contributed by atoms with Crippen LogP contribution in [0.15, 0.2) is 0 Å². The third-order valence-electron chi connectivity index (χ3n) is 5.31. The minimum Gasteiger partial charge on any atom is -0.476 e. The molecule has 0 amide bonds. The molecule has 0 heterocycles. The standard InChI is InChI=1S/C21H42N2O3/c1-7-8-9-10-11-12-13-14-15-16-17-21(20(25)26,23(4,5)6)19(24)18-22(2)3/h7-18H2,1-6H3/p+1. The summed E-state index contributed by atoms with van der Waals surface area (Å²) in [5.74, 6) is -1.19. The summed E-state index contributed by atoms with van der Waals surface area (Å²) in [6.45, 7) is 2.40. The number of aliphatic carboxylic acids is 1. The van der Waals surface area contributed by atoms with Crippen LogP contribution >= 0.6 is 0 Å². The van der Waals surface area contributed by atoms with Crippen molar-refractivity contribution in [1.82, 2.24) is 4.90 Å². The van der Waals surface area contributed by atoms with E-state index in [0.717, 1.165) is 19.3 Å². The number of carboxylic acids is 1. The molecule has 0 aliphatic rings. The second-order valence-electron chi connectivity index (χ2n) is 8.77. The van der Waals surface area contributed by atoms with Crippen molar-refractivity contribution >= 4 is 11.8 Å². The summed E-state index contributed by atoms with van der Waals surface area (Å²) < 4.78 is 0.131. The van der Waals surface area contributed by atoms with Gasteiger partial charge in [-0.15, -0.1) is 0 Å². The van der Waals surface area contributed by atoms with Gasteiger partial charge in [0.1, 0.15) is 0 Å². The largest absolute Gasteiger partial charge is 0.476 e. The molecule has 0 fully saturated rings. The first kappa shape index (κ1) is 25.1. The number of carboxylic acid groups (broad SMARTS) is 1. The molecular weight excluding hydrogens is 328 g/mol. The van der Waals surface area contributed by atoms with E-state index in [0.29, 0.717) is 6.42 Å². The first-order valence-corrected chi connectivity index (χ1v) is 10.3. The Balaban J connectivity index is 4.50. The Morgan fingerprint density at radius 3 is 1.62 bits per heavy atom. The molecule has 0 aromatic carbocycles. The number of hydrogen-bond acceptors (Lipinski definition) is 3. The Labute approximate surface area is 161 Å². The van der Waals surface area contributed by atoms with Crippen LogP contribution in [0.5, 0.6) is 0 Å². The quantitative estimate of drug-likeness (QED) is 0.253. The van der Waals surface area contributed by atoms with E-state index in [1.165, 1.54) is 44.9 Å². The number of quaternary nitrogens is 1. The monoisotopic (exact) mass is 371 g/mol. The number of rotatable bonds is 16. The average molecular weight is 372 g/mol. The molecule has 1 N–H and O–H groups in total. The molecule has 1 unspecified atom stereocenters. The maximum Gasteiger partial charge on any atom is 0.373 e. The topological polar surface area (TPSA) is 57.6 Å². The van der Waals surface area contributed by atoms with Crippen LogP contribution in [0.1, 0.15) is 77.6 Å². The normalized spacial score (nSPS) is 14.4. The van der Waals surface area contributed by atoms with Gasteiger partial charge in [-0.1, -0.05) is 64.7 Å². The average Bonchev–Trinajstić information content (AvgIpc) is 2.50. The molecule has 154 valence electrons. The minimum absolute atomic E-state index is 0.131. The van der Waals surface area contributed by atoms with Crippen LogP contribution in [0.3, 0.4) is 0 Å². The number of ketones is 1. The van der Waals surface area contributed by atoms with Crippen molar-refractivity contribution < 1.29 is 19.2 Å². The highest BCUT2D eigenvalue weighted by Crippen LogP contribution is 2.28. The fourth-order valence-electron chi connectivity index (χ4n) is 3.65. The van der Waals surface area contributed by atoms with Crippen LogP contribution in [0, 0.1) is 0 Å². The van der Waals surface area contributed by atoms with E-state index < -0.39 is 11.5 Å². The van der Waals surface area contributed by atoms with Crippen molar-refractivity contribution in [2.24, 2.45) is 0 Å². The molecule has 0 aliphatic carbocycles. The van der Waals surface area contributed by atoms with Gasteiger partial charge in [-0.05, 0) is 20.5 Å². The predicted molar refractivity (Wildman–Crippen MR) is 108 cm³/mol. The van der Waals surface area contributed by atoms with Crippen molar-refractivity contribution in [3.63, 3.8) is 0 Å². The third kappa shape index (κ3) is 8.17.